The Hall–Kier alpha value is -1.40. The van der Waals surface area contributed by atoms with Gasteiger partial charge in [0, 0.05) is 13.2 Å². The van der Waals surface area contributed by atoms with Crippen LogP contribution in [0, 0.1) is 11.6 Å². The lowest BCUT2D eigenvalue weighted by atomic mass is 10.3. The van der Waals surface area contributed by atoms with E-state index in [0.29, 0.717) is 12.8 Å². The first kappa shape index (κ1) is 14.7. The molecular weight excluding hydrogens is 268 g/mol. The Morgan fingerprint density at radius 3 is 2.78 bits per heavy atom. The van der Waals surface area contributed by atoms with Crippen molar-refractivity contribution >= 4 is 17.7 Å². The van der Waals surface area contributed by atoms with E-state index in [1.54, 1.807) is 0 Å². The van der Waals surface area contributed by atoms with E-state index in [1.807, 2.05) is 0 Å². The van der Waals surface area contributed by atoms with E-state index >= 15 is 0 Å². The molecule has 100 valence electrons. The molecule has 7 heteroatoms. The van der Waals surface area contributed by atoms with Gasteiger partial charge in [-0.25, -0.2) is 13.6 Å². The van der Waals surface area contributed by atoms with Gasteiger partial charge in [-0.3, -0.25) is 0 Å². The van der Waals surface area contributed by atoms with Gasteiger partial charge in [0.15, 0.2) is 11.6 Å². The molecule has 0 atom stereocenters. The zero-order valence-electron chi connectivity index (χ0n) is 9.38. The van der Waals surface area contributed by atoms with Gasteiger partial charge >= 0.3 is 6.09 Å². The smallest absolute Gasteiger partial charge is 0.407 e. The normalized spacial score (nSPS) is 10.2. The van der Waals surface area contributed by atoms with Crippen LogP contribution in [0.25, 0.3) is 0 Å². The van der Waals surface area contributed by atoms with Crippen molar-refractivity contribution < 1.29 is 23.4 Å². The molecule has 2 N–H and O–H groups in total. The molecule has 18 heavy (non-hydrogen) atoms. The maximum Gasteiger partial charge on any atom is 0.412 e. The first-order valence-corrected chi connectivity index (χ1v) is 5.64. The molecule has 1 amide bonds. The summed E-state index contributed by atoms with van der Waals surface area (Å²) in [6, 6.07) is 1.88. The van der Waals surface area contributed by atoms with E-state index in [0.717, 1.165) is 12.1 Å². The highest BCUT2D eigenvalue weighted by atomic mass is 35.5. The molecule has 0 saturated carbocycles. The summed E-state index contributed by atoms with van der Waals surface area (Å²) < 4.78 is 30.8. The lowest BCUT2D eigenvalue weighted by molar-refractivity contribution is 0.197. The molecule has 1 rings (SSSR count). The minimum absolute atomic E-state index is 0.0267. The molecule has 0 unspecified atom stereocenters. The average Bonchev–Trinajstić information content (AvgIpc) is 2.35. The quantitative estimate of drug-likeness (QED) is 0.643. The van der Waals surface area contributed by atoms with Crippen LogP contribution in [0.15, 0.2) is 12.1 Å². The monoisotopic (exact) mass is 279 g/mol. The van der Waals surface area contributed by atoms with Gasteiger partial charge in [0.2, 0.25) is 0 Å². The predicted octanol–water partition coefficient (Wildman–Crippen LogP) is 2.48. The summed E-state index contributed by atoms with van der Waals surface area (Å²) in [7, 11) is 0. The zero-order valence-corrected chi connectivity index (χ0v) is 10.1. The number of unbranched alkanes of at least 4 members (excludes halogenated alkanes) is 1. The number of halogens is 3. The summed E-state index contributed by atoms with van der Waals surface area (Å²) in [6.07, 6.45) is 0.240. The average molecular weight is 280 g/mol. The van der Waals surface area contributed by atoms with Crippen LogP contribution >= 0.6 is 11.6 Å². The summed E-state index contributed by atoms with van der Waals surface area (Å²) in [5, 5.41) is 10.1. The molecule has 0 aliphatic rings. The second-order valence-corrected chi connectivity index (χ2v) is 3.80. The number of aliphatic hydroxyl groups is 1. The number of aliphatic hydroxyl groups excluding tert-OH is 1. The van der Waals surface area contributed by atoms with Crippen molar-refractivity contribution in [1.29, 1.82) is 0 Å². The largest absolute Gasteiger partial charge is 0.412 e. The fraction of sp³-hybridized carbons (Fsp3) is 0.364. The number of benzene rings is 1. The van der Waals surface area contributed by atoms with Crippen molar-refractivity contribution in [3.8, 4) is 5.75 Å². The Morgan fingerprint density at radius 1 is 1.39 bits per heavy atom. The lowest BCUT2D eigenvalue weighted by Gasteiger charge is -2.08. The standard InChI is InChI=1S/C11H12ClF2NO3/c12-9-7(13)3-4-8(10(9)14)18-11(17)15-5-1-2-6-16/h3-4,16H,1-2,5-6H2,(H,15,17). The fourth-order valence-corrected chi connectivity index (χ4v) is 1.31. The molecule has 0 aliphatic carbocycles. The number of carbonyl (C=O) groups is 1. The molecule has 4 nitrogen and oxygen atoms in total. The minimum Gasteiger partial charge on any atom is -0.407 e. The van der Waals surface area contributed by atoms with Gasteiger partial charge in [-0.1, -0.05) is 11.6 Å². The molecule has 0 saturated heterocycles. The topological polar surface area (TPSA) is 58.6 Å². The first-order chi connectivity index (χ1) is 8.56. The summed E-state index contributed by atoms with van der Waals surface area (Å²) in [5.74, 6) is -2.49. The number of rotatable bonds is 5. The number of ether oxygens (including phenoxy) is 1. The van der Waals surface area contributed by atoms with Crippen molar-refractivity contribution in [3.05, 3.63) is 28.8 Å². The van der Waals surface area contributed by atoms with Gasteiger partial charge in [0.25, 0.3) is 0 Å². The summed E-state index contributed by atoms with van der Waals surface area (Å²) in [6.45, 7) is 0.314. The third-order valence-electron chi connectivity index (χ3n) is 2.06. The van der Waals surface area contributed by atoms with Gasteiger partial charge in [0.05, 0.1) is 0 Å². The zero-order chi connectivity index (χ0) is 13.5. The molecule has 1 aromatic rings. The first-order valence-electron chi connectivity index (χ1n) is 5.26. The van der Waals surface area contributed by atoms with Crippen LogP contribution in [-0.4, -0.2) is 24.4 Å². The summed E-state index contributed by atoms with van der Waals surface area (Å²) >= 11 is 5.32. The van der Waals surface area contributed by atoms with Crippen LogP contribution in [0.3, 0.4) is 0 Å². The van der Waals surface area contributed by atoms with Crippen LogP contribution in [-0.2, 0) is 0 Å². The van der Waals surface area contributed by atoms with E-state index < -0.39 is 28.5 Å². The maximum absolute atomic E-state index is 13.4. The predicted molar refractivity (Wildman–Crippen MR) is 61.7 cm³/mol. The van der Waals surface area contributed by atoms with Gasteiger partial charge in [-0.05, 0) is 25.0 Å². The van der Waals surface area contributed by atoms with E-state index in [9.17, 15) is 13.6 Å². The Labute approximate surface area is 108 Å². The number of hydrogen-bond donors (Lipinski definition) is 2. The van der Waals surface area contributed by atoms with Crippen molar-refractivity contribution in [1.82, 2.24) is 5.32 Å². The Bertz CT molecular complexity index is 429. The third kappa shape index (κ3) is 4.12. The second-order valence-electron chi connectivity index (χ2n) is 3.42. The molecule has 0 heterocycles. The summed E-state index contributed by atoms with van der Waals surface area (Å²) in [5.41, 5.74) is 0. The van der Waals surface area contributed by atoms with E-state index in [2.05, 4.69) is 10.1 Å². The van der Waals surface area contributed by atoms with Crippen molar-refractivity contribution in [2.24, 2.45) is 0 Å². The van der Waals surface area contributed by atoms with Crippen molar-refractivity contribution in [2.75, 3.05) is 13.2 Å². The molecule has 0 fully saturated rings. The molecule has 0 radical (unpaired) electrons. The number of hydrogen-bond acceptors (Lipinski definition) is 3. The molecule has 0 aromatic heterocycles. The highest BCUT2D eigenvalue weighted by Gasteiger charge is 2.15. The van der Waals surface area contributed by atoms with Crippen LogP contribution in [0.1, 0.15) is 12.8 Å². The highest BCUT2D eigenvalue weighted by molar-refractivity contribution is 6.31. The second kappa shape index (κ2) is 7.13. The van der Waals surface area contributed by atoms with Gasteiger partial charge in [-0.15, -0.1) is 0 Å². The SMILES string of the molecule is O=C(NCCCCO)Oc1ccc(F)c(Cl)c1F. The highest BCUT2D eigenvalue weighted by Crippen LogP contribution is 2.27. The molecule has 0 aliphatic heterocycles. The number of carbonyl (C=O) groups excluding carboxylic acids is 1. The summed E-state index contributed by atoms with van der Waals surface area (Å²) in [4.78, 5) is 11.2. The molecule has 0 spiro atoms. The van der Waals surface area contributed by atoms with Crippen LogP contribution in [0.5, 0.6) is 5.75 Å². The van der Waals surface area contributed by atoms with E-state index in [4.69, 9.17) is 16.7 Å². The third-order valence-corrected chi connectivity index (χ3v) is 2.40. The van der Waals surface area contributed by atoms with Gasteiger partial charge in [0.1, 0.15) is 10.8 Å². The molecular formula is C11H12ClF2NO3. The Kier molecular flexibility index (Phi) is 5.80. The van der Waals surface area contributed by atoms with Crippen LogP contribution in [0.4, 0.5) is 13.6 Å². The minimum atomic E-state index is -1.12. The lowest BCUT2D eigenvalue weighted by Crippen LogP contribution is -2.28. The van der Waals surface area contributed by atoms with E-state index in [1.165, 1.54) is 0 Å². The van der Waals surface area contributed by atoms with Crippen LogP contribution < -0.4 is 10.1 Å². The Balaban J connectivity index is 2.52. The Morgan fingerprint density at radius 2 is 2.11 bits per heavy atom. The number of nitrogens with one attached hydrogen (secondary N) is 1. The number of amides is 1. The maximum atomic E-state index is 13.4. The molecule has 0 bridgehead atoms. The van der Waals surface area contributed by atoms with Gasteiger partial charge < -0.3 is 15.2 Å². The van der Waals surface area contributed by atoms with E-state index in [-0.39, 0.29) is 13.2 Å². The van der Waals surface area contributed by atoms with Crippen molar-refractivity contribution in [2.45, 2.75) is 12.8 Å². The van der Waals surface area contributed by atoms with Gasteiger partial charge in [-0.2, -0.15) is 0 Å². The molecule has 1 aromatic carbocycles. The fourth-order valence-electron chi connectivity index (χ4n) is 1.15. The van der Waals surface area contributed by atoms with Crippen LogP contribution in [0.2, 0.25) is 5.02 Å². The van der Waals surface area contributed by atoms with Crippen molar-refractivity contribution in [3.63, 3.8) is 0 Å².